The van der Waals surface area contributed by atoms with E-state index in [0.29, 0.717) is 12.5 Å². The topological polar surface area (TPSA) is 75.2 Å². The zero-order chi connectivity index (χ0) is 12.9. The molecule has 6 nitrogen and oxygen atoms in total. The van der Waals surface area contributed by atoms with Crippen LogP contribution in [0.15, 0.2) is 17.3 Å². The predicted molar refractivity (Wildman–Crippen MR) is 66.3 cm³/mol. The van der Waals surface area contributed by atoms with E-state index in [1.54, 1.807) is 14.1 Å². The number of rotatable bonds is 6. The van der Waals surface area contributed by atoms with E-state index in [2.05, 4.69) is 15.3 Å². The van der Waals surface area contributed by atoms with E-state index in [4.69, 9.17) is 0 Å². The molecule has 1 N–H and O–H groups in total. The Balaban J connectivity index is 2.88. The lowest BCUT2D eigenvalue weighted by atomic mass is 10.3. The first kappa shape index (κ1) is 13.9. The number of sulfonamides is 1. The van der Waals surface area contributed by atoms with Crippen molar-refractivity contribution >= 4 is 16.0 Å². The Morgan fingerprint density at radius 2 is 1.94 bits per heavy atom. The van der Waals surface area contributed by atoms with Crippen LogP contribution in [0.2, 0.25) is 0 Å². The molecule has 0 aliphatic carbocycles. The molecule has 0 bridgehead atoms. The fourth-order valence-corrected chi connectivity index (χ4v) is 2.36. The predicted octanol–water partition coefficient (Wildman–Crippen LogP) is 0.939. The van der Waals surface area contributed by atoms with Gasteiger partial charge in [0.15, 0.2) is 0 Å². The van der Waals surface area contributed by atoms with Gasteiger partial charge in [-0.25, -0.2) is 22.7 Å². The third kappa shape index (κ3) is 3.37. The van der Waals surface area contributed by atoms with Gasteiger partial charge < -0.3 is 5.32 Å². The van der Waals surface area contributed by atoms with E-state index in [0.717, 1.165) is 12.8 Å². The molecule has 1 heterocycles. The fourth-order valence-electron chi connectivity index (χ4n) is 1.26. The molecule has 17 heavy (non-hydrogen) atoms. The second-order valence-corrected chi connectivity index (χ2v) is 5.72. The highest BCUT2D eigenvalue weighted by molar-refractivity contribution is 7.89. The van der Waals surface area contributed by atoms with Crippen molar-refractivity contribution in [3.63, 3.8) is 0 Å². The van der Waals surface area contributed by atoms with E-state index in [1.807, 2.05) is 6.92 Å². The summed E-state index contributed by atoms with van der Waals surface area (Å²) in [6.07, 6.45) is 4.42. The lowest BCUT2D eigenvalue weighted by Crippen LogP contribution is -2.28. The van der Waals surface area contributed by atoms with Crippen molar-refractivity contribution in [1.29, 1.82) is 0 Å². The summed E-state index contributed by atoms with van der Waals surface area (Å²) in [5.74, 6) is 0.403. The van der Waals surface area contributed by atoms with Gasteiger partial charge in [0, 0.05) is 20.6 Å². The molecular formula is C10H18N4O2S. The average molecular weight is 258 g/mol. The molecule has 0 aliphatic heterocycles. The van der Waals surface area contributed by atoms with Crippen molar-refractivity contribution in [2.24, 2.45) is 0 Å². The average Bonchev–Trinajstić information content (AvgIpc) is 2.35. The van der Waals surface area contributed by atoms with Crippen LogP contribution in [0.25, 0.3) is 0 Å². The van der Waals surface area contributed by atoms with Crippen LogP contribution in [0.5, 0.6) is 0 Å². The smallest absolute Gasteiger partial charge is 0.245 e. The summed E-state index contributed by atoms with van der Waals surface area (Å²) < 4.78 is 25.5. The Kier molecular flexibility index (Phi) is 4.83. The number of hydrogen-bond donors (Lipinski definition) is 1. The first-order valence-corrected chi connectivity index (χ1v) is 6.92. The molecule has 1 aromatic heterocycles. The van der Waals surface area contributed by atoms with Crippen molar-refractivity contribution in [2.45, 2.75) is 24.7 Å². The van der Waals surface area contributed by atoms with Crippen molar-refractivity contribution in [3.8, 4) is 0 Å². The van der Waals surface area contributed by atoms with Crippen molar-refractivity contribution in [2.75, 3.05) is 26.0 Å². The molecule has 0 saturated heterocycles. The van der Waals surface area contributed by atoms with Crippen LogP contribution in [0.1, 0.15) is 19.8 Å². The van der Waals surface area contributed by atoms with Gasteiger partial charge in [-0.1, -0.05) is 13.3 Å². The molecule has 1 aromatic rings. The van der Waals surface area contributed by atoms with Crippen LogP contribution < -0.4 is 5.32 Å². The van der Waals surface area contributed by atoms with Gasteiger partial charge in [-0.05, 0) is 6.42 Å². The van der Waals surface area contributed by atoms with Gasteiger partial charge in [-0.2, -0.15) is 0 Å². The van der Waals surface area contributed by atoms with Gasteiger partial charge in [0.2, 0.25) is 16.0 Å². The summed E-state index contributed by atoms with van der Waals surface area (Å²) >= 11 is 0. The Labute approximate surface area is 102 Å². The second kappa shape index (κ2) is 5.92. The molecular weight excluding hydrogens is 240 g/mol. The first-order chi connectivity index (χ1) is 8.02. The minimum atomic E-state index is -3.46. The summed E-state index contributed by atoms with van der Waals surface area (Å²) in [4.78, 5) is 7.92. The molecule has 0 aliphatic rings. The maximum absolute atomic E-state index is 12.1. The van der Waals surface area contributed by atoms with E-state index in [1.165, 1.54) is 16.7 Å². The highest BCUT2D eigenvalue weighted by Gasteiger charge is 2.20. The zero-order valence-corrected chi connectivity index (χ0v) is 11.2. The summed E-state index contributed by atoms with van der Waals surface area (Å²) in [6, 6.07) is 0. The summed E-state index contributed by atoms with van der Waals surface area (Å²) in [5, 5.41) is 2.74. The van der Waals surface area contributed by atoms with Gasteiger partial charge in [0.05, 0.1) is 12.4 Å². The molecule has 0 fully saturated rings. The van der Waals surface area contributed by atoms with Crippen LogP contribution in [-0.2, 0) is 10.0 Å². The Hall–Kier alpha value is -1.21. The maximum atomic E-state index is 12.1. The quantitative estimate of drug-likeness (QED) is 0.822. The molecule has 0 radical (unpaired) electrons. The van der Waals surface area contributed by atoms with E-state index in [9.17, 15) is 8.42 Å². The van der Waals surface area contributed by atoms with E-state index >= 15 is 0 Å². The summed E-state index contributed by atoms with van der Waals surface area (Å²) in [7, 11) is -0.212. The monoisotopic (exact) mass is 258 g/mol. The third-order valence-electron chi connectivity index (χ3n) is 2.39. The number of aromatic nitrogens is 2. The van der Waals surface area contributed by atoms with Crippen LogP contribution in [0.4, 0.5) is 5.95 Å². The minimum Gasteiger partial charge on any atom is -0.357 e. The highest BCUT2D eigenvalue weighted by Crippen LogP contribution is 2.13. The maximum Gasteiger partial charge on any atom is 0.245 e. The van der Waals surface area contributed by atoms with E-state index in [-0.39, 0.29) is 4.90 Å². The highest BCUT2D eigenvalue weighted by atomic mass is 32.2. The van der Waals surface area contributed by atoms with Gasteiger partial charge >= 0.3 is 0 Å². The van der Waals surface area contributed by atoms with Crippen molar-refractivity contribution in [3.05, 3.63) is 12.4 Å². The largest absolute Gasteiger partial charge is 0.357 e. The number of unbranched alkanes of at least 4 members (excludes halogenated alkanes) is 1. The molecule has 0 atom stereocenters. The number of nitrogens with one attached hydrogen (secondary N) is 1. The first-order valence-electron chi connectivity index (χ1n) is 5.48. The van der Waals surface area contributed by atoms with Crippen LogP contribution in [-0.4, -0.2) is 43.3 Å². The van der Waals surface area contributed by atoms with Gasteiger partial charge in [0.1, 0.15) is 4.90 Å². The van der Waals surface area contributed by atoms with Crippen molar-refractivity contribution < 1.29 is 8.42 Å². The lowest BCUT2D eigenvalue weighted by molar-refractivity contribution is 0.459. The molecule has 0 amide bonds. The molecule has 0 aromatic carbocycles. The molecule has 0 spiro atoms. The lowest BCUT2D eigenvalue weighted by Gasteiger charge is -2.16. The van der Waals surface area contributed by atoms with Gasteiger partial charge in [0.25, 0.3) is 0 Å². The van der Waals surface area contributed by atoms with Crippen molar-refractivity contribution in [1.82, 2.24) is 14.3 Å². The van der Waals surface area contributed by atoms with Crippen LogP contribution in [0.3, 0.4) is 0 Å². The second-order valence-electron chi connectivity index (χ2n) is 3.67. The molecule has 7 heteroatoms. The number of nitrogens with zero attached hydrogens (tertiary/aromatic N) is 3. The summed E-state index contributed by atoms with van der Waals surface area (Å²) in [5.41, 5.74) is 0. The van der Waals surface area contributed by atoms with E-state index < -0.39 is 10.0 Å². The Morgan fingerprint density at radius 3 is 2.41 bits per heavy atom. The SMILES string of the molecule is CCCCN(C)S(=O)(=O)c1cnc(NC)nc1. The molecule has 0 unspecified atom stereocenters. The molecule has 1 rings (SSSR count). The van der Waals surface area contributed by atoms with Crippen LogP contribution >= 0.6 is 0 Å². The number of hydrogen-bond acceptors (Lipinski definition) is 5. The Bertz CT molecular complexity index is 444. The Morgan fingerprint density at radius 1 is 1.35 bits per heavy atom. The molecule has 0 saturated carbocycles. The number of anilines is 1. The minimum absolute atomic E-state index is 0.120. The van der Waals surface area contributed by atoms with Crippen LogP contribution in [0, 0.1) is 0 Å². The fraction of sp³-hybridized carbons (Fsp3) is 0.600. The summed E-state index contributed by atoms with van der Waals surface area (Å²) in [6.45, 7) is 2.53. The third-order valence-corrected chi connectivity index (χ3v) is 4.20. The standard InChI is InChI=1S/C10H18N4O2S/c1-4-5-6-14(3)17(15,16)9-7-12-10(11-2)13-8-9/h7-8H,4-6H2,1-3H3,(H,11,12,13). The molecule has 96 valence electrons. The normalized spacial score (nSPS) is 11.8. The zero-order valence-electron chi connectivity index (χ0n) is 10.3. The van der Waals surface area contributed by atoms with Gasteiger partial charge in [-0.15, -0.1) is 0 Å². The van der Waals surface area contributed by atoms with Gasteiger partial charge in [-0.3, -0.25) is 0 Å².